The SMILES string of the molecule is O=C(CC(c1ccccc1)N1CCCCC1)c1cc(O)c(O)c([N+](=O)[O-])c1. The summed E-state index contributed by atoms with van der Waals surface area (Å²) >= 11 is 0. The zero-order chi connectivity index (χ0) is 19.4. The van der Waals surface area contributed by atoms with Gasteiger partial charge in [0.05, 0.1) is 4.92 Å². The molecular weight excluding hydrogens is 348 g/mol. The first-order valence-corrected chi connectivity index (χ1v) is 9.00. The fourth-order valence-electron chi connectivity index (χ4n) is 3.56. The molecule has 0 radical (unpaired) electrons. The lowest BCUT2D eigenvalue weighted by atomic mass is 9.94. The Morgan fingerprint density at radius 3 is 2.41 bits per heavy atom. The molecule has 0 saturated carbocycles. The fraction of sp³-hybridized carbons (Fsp3) is 0.350. The van der Waals surface area contributed by atoms with Gasteiger partial charge in [-0.05, 0) is 37.6 Å². The van der Waals surface area contributed by atoms with Crippen LogP contribution in [0.4, 0.5) is 5.69 Å². The summed E-state index contributed by atoms with van der Waals surface area (Å²) in [5.74, 6) is -1.80. The van der Waals surface area contributed by atoms with Crippen LogP contribution in [0.5, 0.6) is 11.5 Å². The zero-order valence-corrected chi connectivity index (χ0v) is 14.9. The lowest BCUT2D eigenvalue weighted by molar-refractivity contribution is -0.386. The lowest BCUT2D eigenvalue weighted by Gasteiger charge is -2.34. The summed E-state index contributed by atoms with van der Waals surface area (Å²) in [6, 6.07) is 11.7. The van der Waals surface area contributed by atoms with Crippen LogP contribution in [0.15, 0.2) is 42.5 Å². The number of Topliss-reactive ketones (excluding diaryl/α,β-unsaturated/α-hetero) is 1. The molecule has 1 fully saturated rings. The quantitative estimate of drug-likeness (QED) is 0.347. The molecule has 2 aromatic rings. The van der Waals surface area contributed by atoms with Gasteiger partial charge in [-0.2, -0.15) is 0 Å². The van der Waals surface area contributed by atoms with Crippen LogP contribution in [0.25, 0.3) is 0 Å². The Morgan fingerprint density at radius 1 is 1.11 bits per heavy atom. The summed E-state index contributed by atoms with van der Waals surface area (Å²) in [6.45, 7) is 1.79. The number of hydrogen-bond acceptors (Lipinski definition) is 6. The number of carbonyl (C=O) groups is 1. The van der Waals surface area contributed by atoms with Gasteiger partial charge >= 0.3 is 5.69 Å². The van der Waals surface area contributed by atoms with Crippen molar-refractivity contribution in [2.24, 2.45) is 0 Å². The molecule has 0 spiro atoms. The van der Waals surface area contributed by atoms with Crippen molar-refractivity contribution in [3.63, 3.8) is 0 Å². The minimum Gasteiger partial charge on any atom is -0.504 e. The van der Waals surface area contributed by atoms with Crippen LogP contribution in [-0.2, 0) is 0 Å². The van der Waals surface area contributed by atoms with Gasteiger partial charge in [0.25, 0.3) is 0 Å². The Labute approximate surface area is 157 Å². The molecule has 3 rings (SSSR count). The van der Waals surface area contributed by atoms with Crippen LogP contribution in [0.3, 0.4) is 0 Å². The lowest BCUT2D eigenvalue weighted by Crippen LogP contribution is -2.35. The van der Waals surface area contributed by atoms with Gasteiger partial charge in [0.1, 0.15) is 0 Å². The van der Waals surface area contributed by atoms with Crippen LogP contribution >= 0.6 is 0 Å². The first-order chi connectivity index (χ1) is 13.0. The molecule has 0 aromatic heterocycles. The van der Waals surface area contributed by atoms with E-state index in [-0.39, 0.29) is 23.8 Å². The maximum absolute atomic E-state index is 12.9. The monoisotopic (exact) mass is 370 g/mol. The van der Waals surface area contributed by atoms with Crippen LogP contribution in [-0.4, -0.2) is 38.9 Å². The van der Waals surface area contributed by atoms with Gasteiger partial charge in [0.15, 0.2) is 11.5 Å². The van der Waals surface area contributed by atoms with Crippen molar-refractivity contribution in [3.8, 4) is 11.5 Å². The predicted molar refractivity (Wildman–Crippen MR) is 100.0 cm³/mol. The van der Waals surface area contributed by atoms with E-state index in [4.69, 9.17) is 0 Å². The number of phenolic OH excluding ortho intramolecular Hbond substituents is 2. The Hall–Kier alpha value is -2.93. The van der Waals surface area contributed by atoms with Crippen molar-refractivity contribution in [3.05, 3.63) is 63.7 Å². The summed E-state index contributed by atoms with van der Waals surface area (Å²) in [4.78, 5) is 25.4. The van der Waals surface area contributed by atoms with Crippen molar-refractivity contribution in [2.75, 3.05) is 13.1 Å². The van der Waals surface area contributed by atoms with E-state index in [1.807, 2.05) is 30.3 Å². The smallest absolute Gasteiger partial charge is 0.315 e. The highest BCUT2D eigenvalue weighted by Crippen LogP contribution is 2.37. The molecule has 142 valence electrons. The number of hydrogen-bond donors (Lipinski definition) is 2. The molecule has 2 aromatic carbocycles. The highest BCUT2D eigenvalue weighted by Gasteiger charge is 2.27. The molecule has 7 nitrogen and oxygen atoms in total. The summed E-state index contributed by atoms with van der Waals surface area (Å²) < 4.78 is 0. The molecule has 27 heavy (non-hydrogen) atoms. The standard InChI is InChI=1S/C20H22N2O5/c23-18(15-11-17(22(26)27)20(25)19(24)12-15)13-16(14-7-3-1-4-8-14)21-9-5-2-6-10-21/h1,3-4,7-8,11-12,16,24-25H,2,5-6,9-10,13H2. The first-order valence-electron chi connectivity index (χ1n) is 9.00. The van der Waals surface area contributed by atoms with Crippen LogP contribution in [0.2, 0.25) is 0 Å². The van der Waals surface area contributed by atoms with Gasteiger partial charge in [0, 0.05) is 24.1 Å². The van der Waals surface area contributed by atoms with E-state index in [1.165, 1.54) is 6.42 Å². The van der Waals surface area contributed by atoms with Crippen LogP contribution in [0, 0.1) is 10.1 Å². The second kappa shape index (κ2) is 8.18. The van der Waals surface area contributed by atoms with E-state index >= 15 is 0 Å². The number of nitrogens with zero attached hydrogens (tertiary/aromatic N) is 2. The third-order valence-corrected chi connectivity index (χ3v) is 4.98. The van der Waals surface area contributed by atoms with Crippen LogP contribution < -0.4 is 0 Å². The Balaban J connectivity index is 1.89. The zero-order valence-electron chi connectivity index (χ0n) is 14.9. The van der Waals surface area contributed by atoms with E-state index in [9.17, 15) is 25.1 Å². The highest BCUT2D eigenvalue weighted by molar-refractivity contribution is 5.98. The molecule has 7 heteroatoms. The highest BCUT2D eigenvalue weighted by atomic mass is 16.6. The van der Waals surface area contributed by atoms with Crippen molar-refractivity contribution >= 4 is 11.5 Å². The van der Waals surface area contributed by atoms with Gasteiger partial charge in [-0.1, -0.05) is 36.8 Å². The number of carbonyl (C=O) groups excluding carboxylic acids is 1. The number of aromatic hydroxyl groups is 2. The second-order valence-electron chi connectivity index (χ2n) is 6.77. The predicted octanol–water partition coefficient (Wildman–Crippen LogP) is 3.81. The third-order valence-electron chi connectivity index (χ3n) is 4.98. The second-order valence-corrected chi connectivity index (χ2v) is 6.77. The van der Waals surface area contributed by atoms with E-state index in [0.29, 0.717) is 0 Å². The Bertz CT molecular complexity index is 832. The molecular formula is C20H22N2O5. The molecule has 1 aliphatic rings. The summed E-state index contributed by atoms with van der Waals surface area (Å²) in [6.07, 6.45) is 3.46. The molecule has 0 aliphatic carbocycles. The average Bonchev–Trinajstić information content (AvgIpc) is 2.69. The average molecular weight is 370 g/mol. The number of rotatable bonds is 6. The van der Waals surface area contributed by atoms with E-state index in [2.05, 4.69) is 4.90 Å². The molecule has 1 heterocycles. The largest absolute Gasteiger partial charge is 0.504 e. The number of piperidine rings is 1. The number of nitro groups is 1. The molecule has 1 unspecified atom stereocenters. The van der Waals surface area contributed by atoms with Crippen molar-refractivity contribution in [2.45, 2.75) is 31.7 Å². The molecule has 1 atom stereocenters. The number of likely N-dealkylation sites (tertiary alicyclic amines) is 1. The van der Waals surface area contributed by atoms with E-state index in [0.717, 1.165) is 43.6 Å². The normalized spacial score (nSPS) is 16.0. The van der Waals surface area contributed by atoms with Gasteiger partial charge in [0.2, 0.25) is 5.75 Å². The first kappa shape index (κ1) is 18.8. The summed E-state index contributed by atoms with van der Waals surface area (Å²) in [5.41, 5.74) is 0.368. The van der Waals surface area contributed by atoms with Gasteiger partial charge in [-0.15, -0.1) is 0 Å². The molecule has 1 saturated heterocycles. The van der Waals surface area contributed by atoms with Gasteiger partial charge in [-0.25, -0.2) is 0 Å². The van der Waals surface area contributed by atoms with E-state index < -0.39 is 22.1 Å². The Kier molecular flexibility index (Phi) is 5.71. The minimum absolute atomic E-state index is 0.0231. The van der Waals surface area contributed by atoms with Crippen molar-refractivity contribution < 1.29 is 19.9 Å². The number of benzene rings is 2. The van der Waals surface area contributed by atoms with Gasteiger partial charge in [-0.3, -0.25) is 19.8 Å². The molecule has 0 bridgehead atoms. The summed E-state index contributed by atoms with van der Waals surface area (Å²) in [7, 11) is 0. The molecule has 1 aliphatic heterocycles. The van der Waals surface area contributed by atoms with Crippen LogP contribution in [0.1, 0.15) is 47.6 Å². The minimum atomic E-state index is -0.827. The number of nitro benzene ring substituents is 1. The van der Waals surface area contributed by atoms with Crippen molar-refractivity contribution in [1.82, 2.24) is 4.90 Å². The number of phenols is 2. The third kappa shape index (κ3) is 4.25. The van der Waals surface area contributed by atoms with Gasteiger partial charge < -0.3 is 10.2 Å². The maximum atomic E-state index is 12.9. The summed E-state index contributed by atoms with van der Waals surface area (Å²) in [5, 5.41) is 30.4. The molecule has 0 amide bonds. The van der Waals surface area contributed by atoms with E-state index in [1.54, 1.807) is 0 Å². The Morgan fingerprint density at radius 2 is 1.78 bits per heavy atom. The molecule has 2 N–H and O–H groups in total. The van der Waals surface area contributed by atoms with Crippen molar-refractivity contribution in [1.29, 1.82) is 0 Å². The topological polar surface area (TPSA) is 104 Å². The fourth-order valence-corrected chi connectivity index (χ4v) is 3.56. The number of ketones is 1. The maximum Gasteiger partial charge on any atom is 0.315 e.